The molecular formula is C11H10FN. The Hall–Kier alpha value is -1.57. The quantitative estimate of drug-likeness (QED) is 0.691. The van der Waals surface area contributed by atoms with Gasteiger partial charge in [0.15, 0.2) is 0 Å². The first kappa shape index (κ1) is 8.05. The second-order valence-electron chi connectivity index (χ2n) is 2.94. The zero-order valence-corrected chi connectivity index (χ0v) is 7.07. The normalized spacial score (nSPS) is 19.9. The van der Waals surface area contributed by atoms with Crippen molar-refractivity contribution in [1.29, 1.82) is 0 Å². The molecule has 0 saturated carbocycles. The van der Waals surface area contributed by atoms with Crippen LogP contribution in [-0.4, -0.2) is 0 Å². The molecule has 0 saturated heterocycles. The van der Waals surface area contributed by atoms with E-state index < -0.39 is 0 Å². The van der Waals surface area contributed by atoms with Crippen LogP contribution >= 0.6 is 0 Å². The summed E-state index contributed by atoms with van der Waals surface area (Å²) in [6.45, 7) is 0. The Bertz CT molecular complexity index is 338. The van der Waals surface area contributed by atoms with Crippen LogP contribution < -0.4 is 5.32 Å². The molecule has 1 aliphatic rings. The second-order valence-corrected chi connectivity index (χ2v) is 2.94. The molecule has 1 atom stereocenters. The lowest BCUT2D eigenvalue weighted by atomic mass is 10.1. The van der Waals surface area contributed by atoms with E-state index in [1.807, 2.05) is 24.4 Å². The van der Waals surface area contributed by atoms with Crippen molar-refractivity contribution in [1.82, 2.24) is 5.32 Å². The highest BCUT2D eigenvalue weighted by Crippen LogP contribution is 2.16. The second kappa shape index (κ2) is 3.44. The monoisotopic (exact) mass is 175 g/mol. The summed E-state index contributed by atoms with van der Waals surface area (Å²) in [4.78, 5) is 0. The molecule has 1 N–H and O–H groups in total. The number of allylic oxidation sites excluding steroid dienone is 2. The average Bonchev–Trinajstić information content (AvgIpc) is 2.20. The van der Waals surface area contributed by atoms with Crippen LogP contribution in [-0.2, 0) is 0 Å². The molecule has 0 fully saturated rings. The van der Waals surface area contributed by atoms with Crippen LogP contribution in [0, 0.1) is 5.82 Å². The summed E-state index contributed by atoms with van der Waals surface area (Å²) in [5.74, 6) is -0.195. The van der Waals surface area contributed by atoms with Gasteiger partial charge in [-0.05, 0) is 30.0 Å². The number of hydrogen-bond acceptors (Lipinski definition) is 1. The van der Waals surface area contributed by atoms with Crippen molar-refractivity contribution in [3.05, 3.63) is 60.1 Å². The molecule has 1 aromatic carbocycles. The molecule has 1 nitrogen and oxygen atoms in total. The molecule has 0 amide bonds. The van der Waals surface area contributed by atoms with Crippen LogP contribution in [0.5, 0.6) is 0 Å². The van der Waals surface area contributed by atoms with E-state index in [0.717, 1.165) is 5.56 Å². The summed E-state index contributed by atoms with van der Waals surface area (Å²) in [6.07, 6.45) is 7.83. The molecule has 0 aliphatic carbocycles. The Balaban J connectivity index is 2.21. The van der Waals surface area contributed by atoms with Gasteiger partial charge in [-0.3, -0.25) is 0 Å². The fourth-order valence-corrected chi connectivity index (χ4v) is 1.32. The predicted octanol–water partition coefficient (Wildman–Crippen LogP) is 2.54. The number of nitrogens with one attached hydrogen (secondary N) is 1. The van der Waals surface area contributed by atoms with Gasteiger partial charge in [-0.15, -0.1) is 0 Å². The SMILES string of the molecule is Fc1ccc(C2C=CC=CN2)cc1. The molecule has 1 aliphatic heterocycles. The van der Waals surface area contributed by atoms with Gasteiger partial charge in [0.1, 0.15) is 5.82 Å². The maximum atomic E-state index is 12.6. The number of halogens is 1. The third kappa shape index (κ3) is 1.78. The fourth-order valence-electron chi connectivity index (χ4n) is 1.32. The molecule has 0 aromatic heterocycles. The first-order valence-corrected chi connectivity index (χ1v) is 4.21. The van der Waals surface area contributed by atoms with Gasteiger partial charge >= 0.3 is 0 Å². The maximum absolute atomic E-state index is 12.6. The van der Waals surface area contributed by atoms with Crippen molar-refractivity contribution in [3.63, 3.8) is 0 Å². The van der Waals surface area contributed by atoms with Gasteiger partial charge in [0.05, 0.1) is 6.04 Å². The largest absolute Gasteiger partial charge is 0.381 e. The van der Waals surface area contributed by atoms with Crippen molar-refractivity contribution in [2.45, 2.75) is 6.04 Å². The third-order valence-corrected chi connectivity index (χ3v) is 2.02. The van der Waals surface area contributed by atoms with E-state index in [-0.39, 0.29) is 11.9 Å². The minimum Gasteiger partial charge on any atom is -0.381 e. The van der Waals surface area contributed by atoms with Gasteiger partial charge in [0.2, 0.25) is 0 Å². The van der Waals surface area contributed by atoms with E-state index in [2.05, 4.69) is 5.32 Å². The van der Waals surface area contributed by atoms with Crippen molar-refractivity contribution < 1.29 is 4.39 Å². The van der Waals surface area contributed by atoms with E-state index in [4.69, 9.17) is 0 Å². The van der Waals surface area contributed by atoms with Crippen molar-refractivity contribution in [3.8, 4) is 0 Å². The number of benzene rings is 1. The Morgan fingerprint density at radius 2 is 1.85 bits per heavy atom. The van der Waals surface area contributed by atoms with Crippen molar-refractivity contribution >= 4 is 0 Å². The summed E-state index contributed by atoms with van der Waals surface area (Å²) in [6, 6.07) is 6.70. The molecule has 2 rings (SSSR count). The molecule has 1 aromatic rings. The van der Waals surface area contributed by atoms with E-state index in [1.54, 1.807) is 12.1 Å². The number of rotatable bonds is 1. The first-order valence-electron chi connectivity index (χ1n) is 4.21. The lowest BCUT2D eigenvalue weighted by molar-refractivity contribution is 0.625. The maximum Gasteiger partial charge on any atom is 0.123 e. The summed E-state index contributed by atoms with van der Waals surface area (Å²) in [5.41, 5.74) is 1.07. The summed E-state index contributed by atoms with van der Waals surface area (Å²) < 4.78 is 12.6. The Kier molecular flexibility index (Phi) is 2.13. The van der Waals surface area contributed by atoms with Gasteiger partial charge < -0.3 is 5.32 Å². The molecule has 0 spiro atoms. The molecule has 13 heavy (non-hydrogen) atoms. The molecule has 2 heteroatoms. The predicted molar refractivity (Wildman–Crippen MR) is 50.6 cm³/mol. The zero-order valence-electron chi connectivity index (χ0n) is 7.07. The van der Waals surface area contributed by atoms with E-state index in [0.29, 0.717) is 0 Å². The van der Waals surface area contributed by atoms with Crippen LogP contribution in [0.4, 0.5) is 4.39 Å². The highest BCUT2D eigenvalue weighted by Gasteiger charge is 2.06. The fraction of sp³-hybridized carbons (Fsp3) is 0.0909. The van der Waals surface area contributed by atoms with Gasteiger partial charge in [-0.25, -0.2) is 4.39 Å². The Morgan fingerprint density at radius 1 is 1.08 bits per heavy atom. The molecule has 0 radical (unpaired) electrons. The minimum absolute atomic E-state index is 0.172. The summed E-state index contributed by atoms with van der Waals surface area (Å²) in [5, 5.41) is 3.17. The van der Waals surface area contributed by atoms with Crippen LogP contribution in [0.1, 0.15) is 11.6 Å². The topological polar surface area (TPSA) is 12.0 Å². The lowest BCUT2D eigenvalue weighted by Crippen LogP contribution is -2.14. The molecule has 0 bridgehead atoms. The highest BCUT2D eigenvalue weighted by molar-refractivity contribution is 5.27. The molecule has 1 heterocycles. The third-order valence-electron chi connectivity index (χ3n) is 2.02. The van der Waals surface area contributed by atoms with Crippen LogP contribution in [0.25, 0.3) is 0 Å². The minimum atomic E-state index is -0.195. The van der Waals surface area contributed by atoms with Gasteiger partial charge in [0.25, 0.3) is 0 Å². The Labute approximate surface area is 76.6 Å². The van der Waals surface area contributed by atoms with E-state index in [9.17, 15) is 4.39 Å². The van der Waals surface area contributed by atoms with Gasteiger partial charge in [0, 0.05) is 0 Å². The molecular weight excluding hydrogens is 165 g/mol. The van der Waals surface area contributed by atoms with Gasteiger partial charge in [-0.1, -0.05) is 24.3 Å². The first-order chi connectivity index (χ1) is 6.36. The average molecular weight is 175 g/mol. The molecule has 66 valence electrons. The van der Waals surface area contributed by atoms with Crippen molar-refractivity contribution in [2.75, 3.05) is 0 Å². The molecule has 1 unspecified atom stereocenters. The standard InChI is InChI=1S/C11H10FN/c12-10-6-4-9(5-7-10)11-3-1-2-8-13-11/h1-8,11,13H. The van der Waals surface area contributed by atoms with Crippen molar-refractivity contribution in [2.24, 2.45) is 0 Å². The Morgan fingerprint density at radius 3 is 2.46 bits per heavy atom. The van der Waals surface area contributed by atoms with Crippen LogP contribution in [0.3, 0.4) is 0 Å². The van der Waals surface area contributed by atoms with E-state index >= 15 is 0 Å². The van der Waals surface area contributed by atoms with Gasteiger partial charge in [-0.2, -0.15) is 0 Å². The summed E-state index contributed by atoms with van der Waals surface area (Å²) in [7, 11) is 0. The van der Waals surface area contributed by atoms with Crippen LogP contribution in [0.2, 0.25) is 0 Å². The lowest BCUT2D eigenvalue weighted by Gasteiger charge is -2.15. The number of hydrogen-bond donors (Lipinski definition) is 1. The number of dihydropyridines is 1. The highest BCUT2D eigenvalue weighted by atomic mass is 19.1. The smallest absolute Gasteiger partial charge is 0.123 e. The summed E-state index contributed by atoms with van der Waals surface area (Å²) >= 11 is 0. The van der Waals surface area contributed by atoms with E-state index in [1.165, 1.54) is 12.1 Å². The van der Waals surface area contributed by atoms with Crippen LogP contribution in [0.15, 0.2) is 48.7 Å². The zero-order chi connectivity index (χ0) is 9.10.